The molecule has 1 aliphatic carbocycles. The molecule has 0 unspecified atom stereocenters. The van der Waals surface area contributed by atoms with Crippen LogP contribution in [-0.2, 0) is 11.8 Å². The Hall–Kier alpha value is -4.38. The lowest BCUT2D eigenvalue weighted by molar-refractivity contribution is -0.119. The summed E-state index contributed by atoms with van der Waals surface area (Å²) in [7, 11) is 1.89. The number of amides is 1. The van der Waals surface area contributed by atoms with Crippen LogP contribution in [0.5, 0.6) is 0 Å². The van der Waals surface area contributed by atoms with Gasteiger partial charge in [-0.3, -0.25) is 9.48 Å². The van der Waals surface area contributed by atoms with E-state index >= 15 is 0 Å². The number of hydrogen-bond donors (Lipinski definition) is 1. The van der Waals surface area contributed by atoms with Crippen molar-refractivity contribution in [1.29, 1.82) is 5.26 Å². The maximum atomic E-state index is 11.5. The van der Waals surface area contributed by atoms with Gasteiger partial charge >= 0.3 is 0 Å². The summed E-state index contributed by atoms with van der Waals surface area (Å²) in [6, 6.07) is 13.2. The van der Waals surface area contributed by atoms with Gasteiger partial charge in [0.25, 0.3) is 0 Å². The van der Waals surface area contributed by atoms with Crippen molar-refractivity contribution in [2.24, 2.45) is 12.5 Å². The maximum Gasteiger partial charge on any atom is 0.243 e. The molecule has 1 saturated heterocycles. The van der Waals surface area contributed by atoms with Crippen LogP contribution in [0.25, 0.3) is 27.8 Å². The fourth-order valence-corrected chi connectivity index (χ4v) is 5.56. The van der Waals surface area contributed by atoms with Crippen LogP contribution in [0.4, 0.5) is 5.69 Å². The number of carbonyl (C=O) groups excluding carboxylic acids is 1. The van der Waals surface area contributed by atoms with Crippen molar-refractivity contribution < 1.29 is 4.79 Å². The summed E-state index contributed by atoms with van der Waals surface area (Å²) >= 11 is 0. The predicted octanol–water partition coefficient (Wildman–Crippen LogP) is 3.54. The molecule has 2 fully saturated rings. The highest BCUT2D eigenvalue weighted by molar-refractivity contribution is 5.88. The Bertz CT molecular complexity index is 1490. The third-order valence-electron chi connectivity index (χ3n) is 7.26. The number of nitrogens with zero attached hydrogens (tertiary/aromatic N) is 6. The first-order valence-electron chi connectivity index (χ1n) is 11.7. The van der Waals surface area contributed by atoms with Gasteiger partial charge in [-0.05, 0) is 42.7 Å². The molecule has 174 valence electrons. The number of benzene rings is 1. The van der Waals surface area contributed by atoms with Gasteiger partial charge in [-0.2, -0.15) is 15.5 Å². The zero-order valence-electron chi connectivity index (χ0n) is 19.5. The van der Waals surface area contributed by atoms with E-state index in [4.69, 9.17) is 0 Å². The smallest absolute Gasteiger partial charge is 0.243 e. The van der Waals surface area contributed by atoms with Crippen LogP contribution in [0, 0.1) is 16.7 Å². The maximum absolute atomic E-state index is 11.5. The first kappa shape index (κ1) is 21.2. The van der Waals surface area contributed by atoms with Gasteiger partial charge in [-0.15, -0.1) is 0 Å². The van der Waals surface area contributed by atoms with Crippen molar-refractivity contribution in [3.8, 4) is 28.3 Å². The molecule has 35 heavy (non-hydrogen) atoms. The van der Waals surface area contributed by atoms with Gasteiger partial charge in [0.15, 0.2) is 0 Å². The average Bonchev–Trinajstić information content (AvgIpc) is 3.45. The van der Waals surface area contributed by atoms with Crippen LogP contribution >= 0.6 is 0 Å². The predicted molar refractivity (Wildman–Crippen MR) is 134 cm³/mol. The molecule has 8 heteroatoms. The number of anilines is 1. The summed E-state index contributed by atoms with van der Waals surface area (Å²) in [6.07, 6.45) is 10.7. The number of nitriles is 1. The van der Waals surface area contributed by atoms with E-state index < -0.39 is 0 Å². The van der Waals surface area contributed by atoms with E-state index in [1.54, 1.807) is 15.4 Å². The minimum absolute atomic E-state index is 0.0870. The summed E-state index contributed by atoms with van der Waals surface area (Å²) in [5, 5.41) is 21.4. The Balaban J connectivity index is 1.24. The Morgan fingerprint density at radius 2 is 1.91 bits per heavy atom. The molecule has 0 radical (unpaired) electrons. The van der Waals surface area contributed by atoms with Crippen LogP contribution < -0.4 is 10.2 Å². The van der Waals surface area contributed by atoms with Gasteiger partial charge in [0.1, 0.15) is 6.07 Å². The fraction of sp³-hybridized carbons (Fsp3) is 0.259. The van der Waals surface area contributed by atoms with Crippen LogP contribution in [0.3, 0.4) is 0 Å². The summed E-state index contributed by atoms with van der Waals surface area (Å²) in [4.78, 5) is 13.9. The van der Waals surface area contributed by atoms with Gasteiger partial charge < -0.3 is 10.2 Å². The first-order valence-corrected chi connectivity index (χ1v) is 11.7. The number of aryl methyl sites for hydroxylation is 1. The average molecular weight is 464 g/mol. The van der Waals surface area contributed by atoms with Gasteiger partial charge in [0.2, 0.25) is 5.91 Å². The van der Waals surface area contributed by atoms with Crippen molar-refractivity contribution in [1.82, 2.24) is 24.7 Å². The summed E-state index contributed by atoms with van der Waals surface area (Å²) in [6.45, 7) is 5.54. The van der Waals surface area contributed by atoms with E-state index in [-0.39, 0.29) is 11.9 Å². The summed E-state index contributed by atoms with van der Waals surface area (Å²) in [5.74, 6) is -0.0870. The van der Waals surface area contributed by atoms with Crippen LogP contribution in [0.15, 0.2) is 67.8 Å². The molecule has 1 saturated carbocycles. The zero-order valence-corrected chi connectivity index (χ0v) is 19.5. The molecule has 1 aliphatic heterocycles. The molecule has 6 rings (SSSR count). The highest BCUT2D eigenvalue weighted by Crippen LogP contribution is 2.49. The fourth-order valence-electron chi connectivity index (χ4n) is 5.56. The van der Waals surface area contributed by atoms with Gasteiger partial charge in [0, 0.05) is 66.4 Å². The highest BCUT2D eigenvalue weighted by Gasteiger charge is 2.52. The molecule has 1 spiro atoms. The molecule has 4 heterocycles. The van der Waals surface area contributed by atoms with E-state index in [9.17, 15) is 10.1 Å². The number of carbonyl (C=O) groups is 1. The largest absolute Gasteiger partial charge is 0.370 e. The van der Waals surface area contributed by atoms with Gasteiger partial charge in [-0.25, -0.2) is 4.52 Å². The summed E-state index contributed by atoms with van der Waals surface area (Å²) in [5.41, 5.74) is 6.85. The van der Waals surface area contributed by atoms with E-state index in [0.29, 0.717) is 11.0 Å². The molecule has 2 aliphatic rings. The molecule has 0 atom stereocenters. The van der Waals surface area contributed by atoms with Gasteiger partial charge in [0.05, 0.1) is 23.5 Å². The minimum Gasteiger partial charge on any atom is -0.370 e. The second-order valence-electron chi connectivity index (χ2n) is 9.73. The third-order valence-corrected chi connectivity index (χ3v) is 7.26. The zero-order chi connectivity index (χ0) is 24.2. The van der Waals surface area contributed by atoms with Gasteiger partial charge in [-0.1, -0.05) is 18.7 Å². The molecular formula is C27H25N7O. The molecular weight excluding hydrogens is 438 g/mol. The van der Waals surface area contributed by atoms with Crippen molar-refractivity contribution >= 4 is 17.1 Å². The lowest BCUT2D eigenvalue weighted by Crippen LogP contribution is -2.66. The summed E-state index contributed by atoms with van der Waals surface area (Å²) < 4.78 is 3.55. The molecule has 0 bridgehead atoms. The molecule has 1 aromatic carbocycles. The topological polar surface area (TPSA) is 91.2 Å². The first-order chi connectivity index (χ1) is 17.0. The Kier molecular flexibility index (Phi) is 4.74. The molecule has 4 aromatic rings. The number of rotatable bonds is 5. The molecule has 1 N–H and O–H groups in total. The monoisotopic (exact) mass is 463 g/mol. The number of aromatic nitrogens is 4. The normalized spacial score (nSPS) is 16.5. The second kappa shape index (κ2) is 7.84. The van der Waals surface area contributed by atoms with Crippen molar-refractivity contribution in [2.75, 3.05) is 18.0 Å². The standard InChI is InChI=1S/C27H25N7O/c1-3-25(35)31-22-9-27(10-22)16-33(17-27)23-6-4-18(5-7-23)24-8-19(21-13-29-32(2)14-21)15-34-26(24)20(11-28)12-30-34/h3-8,12-15,22H,1,9-10,16-17H2,2H3,(H,31,35). The second-order valence-corrected chi connectivity index (χ2v) is 9.73. The van der Waals surface area contributed by atoms with E-state index in [2.05, 4.69) is 63.4 Å². The van der Waals surface area contributed by atoms with Crippen LogP contribution in [-0.4, -0.2) is 44.4 Å². The van der Waals surface area contributed by atoms with Crippen molar-refractivity contribution in [2.45, 2.75) is 18.9 Å². The third kappa shape index (κ3) is 3.56. The Morgan fingerprint density at radius 3 is 2.57 bits per heavy atom. The number of fused-ring (bicyclic) bond motifs is 1. The Labute approximate surface area is 203 Å². The van der Waals surface area contributed by atoms with Crippen LogP contribution in [0.1, 0.15) is 18.4 Å². The lowest BCUT2D eigenvalue weighted by Gasteiger charge is -2.60. The Morgan fingerprint density at radius 1 is 1.14 bits per heavy atom. The number of nitrogens with one attached hydrogen (secondary N) is 1. The van der Waals surface area contributed by atoms with Crippen molar-refractivity contribution in [3.63, 3.8) is 0 Å². The van der Waals surface area contributed by atoms with E-state index in [0.717, 1.165) is 53.7 Å². The van der Waals surface area contributed by atoms with Crippen LogP contribution in [0.2, 0.25) is 0 Å². The molecule has 3 aromatic heterocycles. The number of hydrogen-bond acceptors (Lipinski definition) is 5. The molecule has 1 amide bonds. The highest BCUT2D eigenvalue weighted by atomic mass is 16.1. The van der Waals surface area contributed by atoms with Crippen molar-refractivity contribution in [3.05, 3.63) is 73.3 Å². The lowest BCUT2D eigenvalue weighted by atomic mass is 9.60. The quantitative estimate of drug-likeness (QED) is 0.457. The van der Waals surface area contributed by atoms with E-state index in [1.165, 1.54) is 11.8 Å². The SMILES string of the molecule is C=CC(=O)NC1CC2(C1)CN(c1ccc(-c3cc(-c4cnn(C)c4)cn4ncc(C#N)c34)cc1)C2. The minimum atomic E-state index is -0.0870. The van der Waals surface area contributed by atoms with E-state index in [1.807, 2.05) is 25.6 Å². The molecule has 8 nitrogen and oxygen atoms in total. The number of pyridine rings is 1.